The van der Waals surface area contributed by atoms with E-state index in [9.17, 15) is 4.79 Å². The molecule has 1 aromatic rings. The molecule has 1 aliphatic rings. The first-order chi connectivity index (χ1) is 8.74. The molecule has 2 rings (SSSR count). The molecule has 98 valence electrons. The molecular formula is C14H20N2O2. The Hall–Kier alpha value is -1.55. The summed E-state index contributed by atoms with van der Waals surface area (Å²) in [5.74, 6) is 0.494. The minimum Gasteiger partial charge on any atom is -0.465 e. The summed E-state index contributed by atoms with van der Waals surface area (Å²) in [6.07, 6.45) is 1.24. The van der Waals surface area contributed by atoms with E-state index >= 15 is 0 Å². The Labute approximate surface area is 108 Å². The molecule has 0 bridgehead atoms. The van der Waals surface area contributed by atoms with Crippen molar-refractivity contribution in [3.63, 3.8) is 0 Å². The van der Waals surface area contributed by atoms with Gasteiger partial charge < -0.3 is 10.4 Å². The molecule has 0 aliphatic carbocycles. The van der Waals surface area contributed by atoms with E-state index in [0.717, 1.165) is 32.5 Å². The average Bonchev–Trinajstić information content (AvgIpc) is 2.39. The van der Waals surface area contributed by atoms with Crippen LogP contribution in [0.2, 0.25) is 0 Å². The lowest BCUT2D eigenvalue weighted by atomic mass is 9.96. The fraction of sp³-hybridized carbons (Fsp3) is 0.500. The van der Waals surface area contributed by atoms with Crippen LogP contribution in [0.15, 0.2) is 30.3 Å². The predicted molar refractivity (Wildman–Crippen MR) is 70.5 cm³/mol. The highest BCUT2D eigenvalue weighted by Gasteiger charge is 2.19. The van der Waals surface area contributed by atoms with Crippen molar-refractivity contribution in [3.8, 4) is 0 Å². The molecule has 1 fully saturated rings. The summed E-state index contributed by atoms with van der Waals surface area (Å²) in [6.45, 7) is 3.70. The second kappa shape index (κ2) is 6.40. The van der Waals surface area contributed by atoms with Gasteiger partial charge in [0.2, 0.25) is 0 Å². The van der Waals surface area contributed by atoms with E-state index in [4.69, 9.17) is 5.11 Å². The van der Waals surface area contributed by atoms with Crippen LogP contribution in [0, 0.1) is 5.92 Å². The van der Waals surface area contributed by atoms with Gasteiger partial charge in [0, 0.05) is 13.1 Å². The van der Waals surface area contributed by atoms with Crippen molar-refractivity contribution in [2.24, 2.45) is 5.92 Å². The van der Waals surface area contributed by atoms with Gasteiger partial charge >= 0.3 is 6.09 Å². The maximum atomic E-state index is 10.4. The zero-order valence-corrected chi connectivity index (χ0v) is 10.5. The van der Waals surface area contributed by atoms with Gasteiger partial charge in [-0.15, -0.1) is 0 Å². The summed E-state index contributed by atoms with van der Waals surface area (Å²) in [5.41, 5.74) is 1.35. The first-order valence-electron chi connectivity index (χ1n) is 6.47. The van der Waals surface area contributed by atoms with Gasteiger partial charge in [0.05, 0.1) is 0 Å². The molecule has 1 aliphatic heterocycles. The van der Waals surface area contributed by atoms with E-state index in [1.54, 1.807) is 0 Å². The van der Waals surface area contributed by atoms with Gasteiger partial charge in [-0.25, -0.2) is 4.79 Å². The van der Waals surface area contributed by atoms with Gasteiger partial charge in [-0.05, 0) is 37.4 Å². The normalized spacial score (nSPS) is 17.6. The number of benzene rings is 1. The van der Waals surface area contributed by atoms with E-state index in [-0.39, 0.29) is 0 Å². The van der Waals surface area contributed by atoms with Crippen LogP contribution in [-0.4, -0.2) is 35.7 Å². The first-order valence-corrected chi connectivity index (χ1v) is 6.47. The molecule has 1 amide bonds. The monoisotopic (exact) mass is 248 g/mol. The van der Waals surface area contributed by atoms with Crippen molar-refractivity contribution < 1.29 is 9.90 Å². The number of amides is 1. The fourth-order valence-corrected chi connectivity index (χ4v) is 2.42. The van der Waals surface area contributed by atoms with Crippen molar-refractivity contribution >= 4 is 6.09 Å². The Balaban J connectivity index is 1.72. The van der Waals surface area contributed by atoms with E-state index in [0.29, 0.717) is 12.5 Å². The average molecular weight is 248 g/mol. The molecule has 4 nitrogen and oxygen atoms in total. The van der Waals surface area contributed by atoms with Gasteiger partial charge in [-0.1, -0.05) is 30.3 Å². The van der Waals surface area contributed by atoms with Gasteiger partial charge in [-0.3, -0.25) is 4.90 Å². The van der Waals surface area contributed by atoms with Crippen molar-refractivity contribution in [3.05, 3.63) is 35.9 Å². The van der Waals surface area contributed by atoms with Crippen molar-refractivity contribution in [1.29, 1.82) is 0 Å². The lowest BCUT2D eigenvalue weighted by Crippen LogP contribution is -2.37. The number of carboxylic acid groups (broad SMARTS) is 1. The Kier molecular flexibility index (Phi) is 4.59. The Morgan fingerprint density at radius 3 is 2.56 bits per heavy atom. The van der Waals surface area contributed by atoms with Crippen LogP contribution in [-0.2, 0) is 6.54 Å². The molecule has 1 saturated heterocycles. The third-order valence-electron chi connectivity index (χ3n) is 3.50. The molecule has 0 aromatic heterocycles. The number of hydrogen-bond acceptors (Lipinski definition) is 2. The number of nitrogens with one attached hydrogen (secondary N) is 1. The number of piperidine rings is 1. The van der Waals surface area contributed by atoms with Gasteiger partial charge in [-0.2, -0.15) is 0 Å². The lowest BCUT2D eigenvalue weighted by Gasteiger charge is -2.31. The van der Waals surface area contributed by atoms with Crippen LogP contribution in [0.3, 0.4) is 0 Å². The van der Waals surface area contributed by atoms with Crippen molar-refractivity contribution in [2.45, 2.75) is 19.4 Å². The molecule has 0 radical (unpaired) electrons. The number of carbonyl (C=O) groups is 1. The van der Waals surface area contributed by atoms with Crippen molar-refractivity contribution in [2.75, 3.05) is 19.6 Å². The molecule has 2 N–H and O–H groups in total. The minimum absolute atomic E-state index is 0.494. The highest BCUT2D eigenvalue weighted by atomic mass is 16.4. The van der Waals surface area contributed by atoms with E-state index in [1.807, 2.05) is 6.07 Å². The molecular weight excluding hydrogens is 228 g/mol. The SMILES string of the molecule is O=C(O)NCC1CCN(Cc2ccccc2)CC1. The van der Waals surface area contributed by atoms with Crippen LogP contribution >= 0.6 is 0 Å². The summed E-state index contributed by atoms with van der Waals surface area (Å²) < 4.78 is 0. The maximum absolute atomic E-state index is 10.4. The van der Waals surface area contributed by atoms with Crippen LogP contribution in [0.25, 0.3) is 0 Å². The second-order valence-corrected chi connectivity index (χ2v) is 4.89. The van der Waals surface area contributed by atoms with Gasteiger partial charge in [0.15, 0.2) is 0 Å². The zero-order chi connectivity index (χ0) is 12.8. The Morgan fingerprint density at radius 2 is 1.94 bits per heavy atom. The number of likely N-dealkylation sites (tertiary alicyclic amines) is 1. The fourth-order valence-electron chi connectivity index (χ4n) is 2.42. The molecule has 0 unspecified atom stereocenters. The summed E-state index contributed by atoms with van der Waals surface area (Å²) >= 11 is 0. The topological polar surface area (TPSA) is 52.6 Å². The molecule has 1 aromatic carbocycles. The third kappa shape index (κ3) is 4.04. The maximum Gasteiger partial charge on any atom is 0.404 e. The number of rotatable bonds is 4. The number of nitrogens with zero attached hydrogens (tertiary/aromatic N) is 1. The Bertz CT molecular complexity index is 373. The summed E-state index contributed by atoms with van der Waals surface area (Å²) in [4.78, 5) is 12.9. The largest absolute Gasteiger partial charge is 0.465 e. The molecule has 0 spiro atoms. The summed E-state index contributed by atoms with van der Waals surface area (Å²) in [7, 11) is 0. The number of hydrogen-bond donors (Lipinski definition) is 2. The molecule has 1 heterocycles. The van der Waals surface area contributed by atoms with E-state index in [1.165, 1.54) is 5.56 Å². The molecule has 18 heavy (non-hydrogen) atoms. The smallest absolute Gasteiger partial charge is 0.404 e. The van der Waals surface area contributed by atoms with Crippen LogP contribution < -0.4 is 5.32 Å². The summed E-state index contributed by atoms with van der Waals surface area (Å²) in [5, 5.41) is 11.0. The van der Waals surface area contributed by atoms with E-state index < -0.39 is 6.09 Å². The van der Waals surface area contributed by atoms with Crippen LogP contribution in [0.1, 0.15) is 18.4 Å². The van der Waals surface area contributed by atoms with Gasteiger partial charge in [0.1, 0.15) is 0 Å². The van der Waals surface area contributed by atoms with E-state index in [2.05, 4.69) is 34.5 Å². The molecule has 4 heteroatoms. The Morgan fingerprint density at radius 1 is 1.28 bits per heavy atom. The summed E-state index contributed by atoms with van der Waals surface area (Å²) in [6, 6.07) is 10.5. The van der Waals surface area contributed by atoms with Gasteiger partial charge in [0.25, 0.3) is 0 Å². The standard InChI is InChI=1S/C14H20N2O2/c17-14(18)15-10-12-6-8-16(9-7-12)11-13-4-2-1-3-5-13/h1-5,12,15H,6-11H2,(H,17,18). The van der Waals surface area contributed by atoms with Crippen LogP contribution in [0.5, 0.6) is 0 Å². The third-order valence-corrected chi connectivity index (χ3v) is 3.50. The molecule has 0 saturated carbocycles. The quantitative estimate of drug-likeness (QED) is 0.858. The van der Waals surface area contributed by atoms with Crippen LogP contribution in [0.4, 0.5) is 4.79 Å². The first kappa shape index (κ1) is 12.9. The molecule has 0 atom stereocenters. The minimum atomic E-state index is -0.915. The highest BCUT2D eigenvalue weighted by molar-refractivity contribution is 5.64. The highest BCUT2D eigenvalue weighted by Crippen LogP contribution is 2.18. The lowest BCUT2D eigenvalue weighted by molar-refractivity contribution is 0.166. The van der Waals surface area contributed by atoms with Crippen molar-refractivity contribution in [1.82, 2.24) is 10.2 Å². The zero-order valence-electron chi connectivity index (χ0n) is 10.5. The second-order valence-electron chi connectivity index (χ2n) is 4.89. The predicted octanol–water partition coefficient (Wildman–Crippen LogP) is 2.17.